The van der Waals surface area contributed by atoms with Crippen LogP contribution in [0.5, 0.6) is 0 Å². The fourth-order valence-corrected chi connectivity index (χ4v) is 6.15. The number of aliphatic hydroxyl groups excluding tert-OH is 1. The molecule has 8 heteroatoms. The third kappa shape index (κ3) is 5.37. The largest absolute Gasteiger partial charge is 0.396 e. The van der Waals surface area contributed by atoms with E-state index in [1.54, 1.807) is 6.20 Å². The summed E-state index contributed by atoms with van der Waals surface area (Å²) in [5.41, 5.74) is 4.28. The molecule has 1 saturated heterocycles. The third-order valence-electron chi connectivity index (χ3n) is 7.81. The molecular formula is C29H40N4O3Si. The molecule has 7 nitrogen and oxygen atoms in total. The van der Waals surface area contributed by atoms with E-state index in [4.69, 9.17) is 14.7 Å². The van der Waals surface area contributed by atoms with E-state index >= 15 is 0 Å². The van der Waals surface area contributed by atoms with Crippen LogP contribution in [0.1, 0.15) is 31.1 Å². The van der Waals surface area contributed by atoms with E-state index < -0.39 is 13.5 Å². The van der Waals surface area contributed by atoms with Crippen LogP contribution in [0.2, 0.25) is 25.7 Å². The van der Waals surface area contributed by atoms with Gasteiger partial charge in [0, 0.05) is 57.2 Å². The summed E-state index contributed by atoms with van der Waals surface area (Å²) in [5, 5.41) is 9.49. The van der Waals surface area contributed by atoms with E-state index in [1.807, 2.05) is 31.5 Å². The lowest BCUT2D eigenvalue weighted by molar-refractivity contribution is 0.0849. The summed E-state index contributed by atoms with van der Waals surface area (Å²) in [6, 6.07) is 9.50. The monoisotopic (exact) mass is 520 g/mol. The van der Waals surface area contributed by atoms with Gasteiger partial charge in [-0.25, -0.2) is 9.97 Å². The topological polar surface area (TPSA) is 80.5 Å². The Morgan fingerprint density at radius 1 is 1.19 bits per heavy atom. The van der Waals surface area contributed by atoms with Crippen molar-refractivity contribution in [2.45, 2.75) is 53.2 Å². The average Bonchev–Trinajstić information content (AvgIpc) is 3.15. The summed E-state index contributed by atoms with van der Waals surface area (Å²) in [5.74, 6) is 1.76. The van der Waals surface area contributed by atoms with E-state index in [-0.39, 0.29) is 5.78 Å². The van der Waals surface area contributed by atoms with Crippen molar-refractivity contribution >= 4 is 30.7 Å². The highest BCUT2D eigenvalue weighted by molar-refractivity contribution is 6.76. The number of rotatable bonds is 9. The standard InChI is InChI=1S/C29H40N4O3Si/c1-29(2,3)27(35)23-16-33(18-36-10-11-37(4,5)6)28-26(23)31-25(13-30-28)19-8-7-9-20(12-19)32-14-21-22(15-32)24(21)17-34/h7-9,12-13,16,21-22,24,34H,10-11,14-15,17-18H2,1-6H3/t21-,22+,24+. The Morgan fingerprint density at radius 3 is 2.57 bits per heavy atom. The van der Waals surface area contributed by atoms with Gasteiger partial charge in [-0.15, -0.1) is 0 Å². The Labute approximate surface area is 220 Å². The minimum Gasteiger partial charge on any atom is -0.396 e. The molecule has 3 atom stereocenters. The van der Waals surface area contributed by atoms with Gasteiger partial charge >= 0.3 is 0 Å². The number of ketones is 1. The first-order valence-corrected chi connectivity index (χ1v) is 17.1. The van der Waals surface area contributed by atoms with Crippen LogP contribution < -0.4 is 4.90 Å². The maximum Gasteiger partial charge on any atom is 0.171 e. The van der Waals surface area contributed by atoms with Gasteiger partial charge in [0.15, 0.2) is 11.4 Å². The number of benzene rings is 1. The number of piperidine rings is 1. The summed E-state index contributed by atoms with van der Waals surface area (Å²) in [6.07, 6.45) is 3.66. The zero-order valence-electron chi connectivity index (χ0n) is 23.0. The number of carbonyl (C=O) groups excluding carboxylic acids is 1. The molecule has 2 aliphatic rings. The van der Waals surface area contributed by atoms with Gasteiger partial charge in [-0.1, -0.05) is 52.5 Å². The molecule has 0 amide bonds. The molecule has 1 aromatic carbocycles. The molecule has 5 rings (SSSR count). The Hall–Kier alpha value is -2.55. The zero-order valence-corrected chi connectivity index (χ0v) is 24.0. The maximum atomic E-state index is 13.4. The van der Waals surface area contributed by atoms with Gasteiger partial charge in [-0.2, -0.15) is 0 Å². The Bertz CT molecular complexity index is 1290. The summed E-state index contributed by atoms with van der Waals surface area (Å²) >= 11 is 0. The second kappa shape index (κ2) is 9.64. The first-order chi connectivity index (χ1) is 17.5. The van der Waals surface area contributed by atoms with Crippen molar-refractivity contribution in [2.24, 2.45) is 23.2 Å². The SMILES string of the molecule is CC(C)(C)C(=O)c1cn(COCC[Si](C)(C)C)c2ncc(-c3cccc(N4C[C@@H]5[C@@H](CO)[C@@H]5C4)c3)nc12. The predicted octanol–water partition coefficient (Wildman–Crippen LogP) is 5.31. The summed E-state index contributed by atoms with van der Waals surface area (Å²) < 4.78 is 7.91. The smallest absolute Gasteiger partial charge is 0.171 e. The van der Waals surface area contributed by atoms with Crippen molar-refractivity contribution in [1.82, 2.24) is 14.5 Å². The van der Waals surface area contributed by atoms with Crippen LogP contribution in [0.15, 0.2) is 36.7 Å². The normalized spacial score (nSPS) is 21.5. The molecule has 1 aliphatic carbocycles. The minimum atomic E-state index is -1.18. The molecule has 37 heavy (non-hydrogen) atoms. The van der Waals surface area contributed by atoms with E-state index in [2.05, 4.69) is 48.8 Å². The molecule has 0 bridgehead atoms. The van der Waals surface area contributed by atoms with Crippen molar-refractivity contribution in [3.63, 3.8) is 0 Å². The molecule has 2 fully saturated rings. The Balaban J connectivity index is 1.43. The van der Waals surface area contributed by atoms with Crippen molar-refractivity contribution in [3.05, 3.63) is 42.2 Å². The Morgan fingerprint density at radius 2 is 1.92 bits per heavy atom. The molecule has 0 radical (unpaired) electrons. The fraction of sp³-hybridized carbons (Fsp3) is 0.552. The molecule has 2 aromatic heterocycles. The second-order valence-corrected chi connectivity index (χ2v) is 18.6. The Kier molecular flexibility index (Phi) is 6.79. The minimum absolute atomic E-state index is 0.0493. The van der Waals surface area contributed by atoms with Gasteiger partial charge in [0.25, 0.3) is 0 Å². The van der Waals surface area contributed by atoms with Crippen LogP contribution in [0.4, 0.5) is 5.69 Å². The molecule has 198 valence electrons. The zero-order chi connectivity index (χ0) is 26.5. The second-order valence-electron chi connectivity index (χ2n) is 13.0. The third-order valence-corrected chi connectivity index (χ3v) is 9.51. The summed E-state index contributed by atoms with van der Waals surface area (Å²) in [4.78, 5) is 25.5. The van der Waals surface area contributed by atoms with Crippen molar-refractivity contribution in [3.8, 4) is 11.3 Å². The number of anilines is 1. The molecule has 3 heterocycles. The molecule has 3 aromatic rings. The van der Waals surface area contributed by atoms with Crippen LogP contribution in [0.3, 0.4) is 0 Å². The first kappa shape index (κ1) is 26.1. The number of Topliss-reactive ketones (excluding diaryl/α,β-unsaturated/α-hetero) is 1. The van der Waals surface area contributed by atoms with Crippen LogP contribution in [-0.4, -0.2) is 59.8 Å². The van der Waals surface area contributed by atoms with Gasteiger partial charge in [0.2, 0.25) is 0 Å². The van der Waals surface area contributed by atoms with E-state index in [9.17, 15) is 9.90 Å². The number of ether oxygens (including phenoxy) is 1. The number of carbonyl (C=O) groups is 1. The van der Waals surface area contributed by atoms with Gasteiger partial charge in [0.05, 0.1) is 17.5 Å². The first-order valence-electron chi connectivity index (χ1n) is 13.4. The highest BCUT2D eigenvalue weighted by Crippen LogP contribution is 2.52. The number of nitrogens with zero attached hydrogens (tertiary/aromatic N) is 4. The van der Waals surface area contributed by atoms with Crippen LogP contribution in [0, 0.1) is 23.2 Å². The van der Waals surface area contributed by atoms with E-state index in [0.717, 1.165) is 30.4 Å². The maximum absolute atomic E-state index is 13.4. The number of hydrogen-bond donors (Lipinski definition) is 1. The lowest BCUT2D eigenvalue weighted by atomic mass is 9.87. The molecule has 1 N–H and O–H groups in total. The van der Waals surface area contributed by atoms with E-state index in [1.165, 1.54) is 5.69 Å². The number of fused-ring (bicyclic) bond motifs is 2. The van der Waals surface area contributed by atoms with Crippen molar-refractivity contribution in [1.29, 1.82) is 0 Å². The fourth-order valence-electron chi connectivity index (χ4n) is 5.39. The number of aromatic nitrogens is 3. The molecule has 1 aliphatic heterocycles. The molecule has 1 saturated carbocycles. The van der Waals surface area contributed by atoms with Gasteiger partial charge < -0.3 is 19.3 Å². The predicted molar refractivity (Wildman–Crippen MR) is 151 cm³/mol. The number of aliphatic hydroxyl groups is 1. The molecule has 0 unspecified atom stereocenters. The highest BCUT2D eigenvalue weighted by Gasteiger charge is 2.55. The summed E-state index contributed by atoms with van der Waals surface area (Å²) in [7, 11) is -1.18. The van der Waals surface area contributed by atoms with E-state index in [0.29, 0.717) is 54.4 Å². The summed E-state index contributed by atoms with van der Waals surface area (Å²) in [6.45, 7) is 16.2. The van der Waals surface area contributed by atoms with Crippen molar-refractivity contribution < 1.29 is 14.6 Å². The van der Waals surface area contributed by atoms with Gasteiger partial charge in [-0.3, -0.25) is 4.79 Å². The van der Waals surface area contributed by atoms with Crippen LogP contribution in [-0.2, 0) is 11.5 Å². The van der Waals surface area contributed by atoms with Crippen LogP contribution in [0.25, 0.3) is 22.4 Å². The van der Waals surface area contributed by atoms with Gasteiger partial charge in [-0.05, 0) is 35.9 Å². The molecule has 0 spiro atoms. The van der Waals surface area contributed by atoms with Crippen molar-refractivity contribution in [2.75, 3.05) is 31.2 Å². The van der Waals surface area contributed by atoms with Crippen LogP contribution >= 0.6 is 0 Å². The lowest BCUT2D eigenvalue weighted by Crippen LogP contribution is -2.24. The molecular weight excluding hydrogens is 480 g/mol. The number of hydrogen-bond acceptors (Lipinski definition) is 6. The quantitative estimate of drug-likeness (QED) is 0.234. The van der Waals surface area contributed by atoms with Gasteiger partial charge in [0.1, 0.15) is 12.2 Å². The lowest BCUT2D eigenvalue weighted by Gasteiger charge is -2.22. The highest BCUT2D eigenvalue weighted by atomic mass is 28.3. The average molecular weight is 521 g/mol.